The number of carbonyl (C=O) groups is 1. The molecule has 0 saturated carbocycles. The second-order valence-electron chi connectivity index (χ2n) is 7.13. The largest absolute Gasteiger partial charge is 0.324 e. The van der Waals surface area contributed by atoms with E-state index in [-0.39, 0.29) is 11.1 Å². The summed E-state index contributed by atoms with van der Waals surface area (Å²) >= 11 is 0. The van der Waals surface area contributed by atoms with E-state index in [0.29, 0.717) is 5.69 Å². The van der Waals surface area contributed by atoms with Crippen molar-refractivity contribution in [2.75, 3.05) is 22.4 Å². The van der Waals surface area contributed by atoms with Gasteiger partial charge < -0.3 is 5.32 Å². The Labute approximate surface area is 153 Å². The van der Waals surface area contributed by atoms with E-state index in [9.17, 15) is 17.6 Å². The van der Waals surface area contributed by atoms with Crippen molar-refractivity contribution in [2.45, 2.75) is 26.2 Å². The van der Waals surface area contributed by atoms with Gasteiger partial charge in [-0.2, -0.15) is 0 Å². The van der Waals surface area contributed by atoms with Crippen molar-refractivity contribution in [3.8, 4) is 0 Å². The van der Waals surface area contributed by atoms with Crippen LogP contribution in [0.4, 0.5) is 15.8 Å². The second kappa shape index (κ2) is 7.45. The molecule has 0 aliphatic rings. The number of halogens is 1. The summed E-state index contributed by atoms with van der Waals surface area (Å²) in [6.07, 6.45) is 1.04. The van der Waals surface area contributed by atoms with Crippen LogP contribution in [0.25, 0.3) is 0 Å². The first-order valence-electron chi connectivity index (χ1n) is 8.10. The third kappa shape index (κ3) is 5.29. The van der Waals surface area contributed by atoms with Crippen LogP contribution in [0.2, 0.25) is 0 Å². The zero-order chi connectivity index (χ0) is 19.5. The van der Waals surface area contributed by atoms with Gasteiger partial charge in [-0.25, -0.2) is 12.8 Å². The number of rotatable bonds is 5. The van der Waals surface area contributed by atoms with Gasteiger partial charge in [-0.05, 0) is 41.3 Å². The Kier molecular flexibility index (Phi) is 5.71. The third-order valence-electron chi connectivity index (χ3n) is 3.82. The highest BCUT2D eigenvalue weighted by molar-refractivity contribution is 7.92. The number of sulfonamides is 1. The minimum absolute atomic E-state index is 0.0663. The molecule has 1 amide bonds. The number of hydrogen-bond donors (Lipinski definition) is 1. The van der Waals surface area contributed by atoms with Gasteiger partial charge in [0.2, 0.25) is 15.9 Å². The smallest absolute Gasteiger partial charge is 0.245 e. The van der Waals surface area contributed by atoms with Gasteiger partial charge in [0.15, 0.2) is 0 Å². The number of nitrogens with zero attached hydrogens (tertiary/aromatic N) is 1. The van der Waals surface area contributed by atoms with E-state index in [1.54, 1.807) is 12.1 Å². The van der Waals surface area contributed by atoms with E-state index in [1.165, 1.54) is 24.3 Å². The predicted octanol–water partition coefficient (Wildman–Crippen LogP) is 3.53. The Morgan fingerprint density at radius 2 is 1.73 bits per heavy atom. The van der Waals surface area contributed by atoms with E-state index < -0.39 is 28.3 Å². The molecule has 5 nitrogen and oxygen atoms in total. The highest BCUT2D eigenvalue weighted by atomic mass is 32.2. The highest BCUT2D eigenvalue weighted by Crippen LogP contribution is 2.26. The molecule has 26 heavy (non-hydrogen) atoms. The minimum Gasteiger partial charge on any atom is -0.324 e. The fraction of sp³-hybridized carbons (Fsp3) is 0.316. The maximum atomic E-state index is 13.2. The molecule has 0 spiro atoms. The molecule has 0 radical (unpaired) electrons. The quantitative estimate of drug-likeness (QED) is 0.866. The van der Waals surface area contributed by atoms with Crippen molar-refractivity contribution in [3.63, 3.8) is 0 Å². The van der Waals surface area contributed by atoms with Crippen molar-refractivity contribution < 1.29 is 17.6 Å². The summed E-state index contributed by atoms with van der Waals surface area (Å²) in [5.41, 5.74) is 1.66. The molecule has 0 heterocycles. The molecular weight excluding hydrogens is 355 g/mol. The molecule has 0 bridgehead atoms. The Morgan fingerprint density at radius 3 is 2.23 bits per heavy atom. The highest BCUT2D eigenvalue weighted by Gasteiger charge is 2.22. The lowest BCUT2D eigenvalue weighted by atomic mass is 9.87. The van der Waals surface area contributed by atoms with Crippen LogP contribution in [0.15, 0.2) is 48.5 Å². The number of hydrogen-bond acceptors (Lipinski definition) is 3. The molecular formula is C19H23FN2O3S. The normalized spacial score (nSPS) is 11.9. The molecule has 0 atom stereocenters. The average Bonchev–Trinajstić information content (AvgIpc) is 2.51. The van der Waals surface area contributed by atoms with Gasteiger partial charge in [-0.3, -0.25) is 9.10 Å². The lowest BCUT2D eigenvalue weighted by molar-refractivity contribution is -0.114. The SMILES string of the molecule is CC(C)(C)c1ccc(N(CC(=O)Nc2cccc(F)c2)S(C)(=O)=O)cc1. The van der Waals surface area contributed by atoms with Gasteiger partial charge in [0, 0.05) is 5.69 Å². The van der Waals surface area contributed by atoms with Crippen molar-refractivity contribution in [1.29, 1.82) is 0 Å². The molecule has 7 heteroatoms. The molecule has 140 valence electrons. The van der Waals surface area contributed by atoms with Crippen molar-refractivity contribution in [3.05, 3.63) is 59.9 Å². The number of carbonyl (C=O) groups excluding carboxylic acids is 1. The Bertz CT molecular complexity index is 888. The second-order valence-corrected chi connectivity index (χ2v) is 9.03. The molecule has 2 aromatic rings. The summed E-state index contributed by atoms with van der Waals surface area (Å²) in [4.78, 5) is 12.2. The van der Waals surface area contributed by atoms with Crippen LogP contribution in [-0.4, -0.2) is 27.1 Å². The van der Waals surface area contributed by atoms with Crippen molar-refractivity contribution >= 4 is 27.3 Å². The van der Waals surface area contributed by atoms with Crippen LogP contribution in [0, 0.1) is 5.82 Å². The van der Waals surface area contributed by atoms with Gasteiger partial charge in [-0.1, -0.05) is 39.0 Å². The molecule has 0 saturated heterocycles. The molecule has 0 fully saturated rings. The molecule has 1 N–H and O–H groups in total. The Balaban J connectivity index is 2.21. The number of anilines is 2. The lowest BCUT2D eigenvalue weighted by Gasteiger charge is -2.24. The maximum absolute atomic E-state index is 13.2. The maximum Gasteiger partial charge on any atom is 0.245 e. The number of nitrogens with one attached hydrogen (secondary N) is 1. The first-order chi connectivity index (χ1) is 12.0. The minimum atomic E-state index is -3.66. The van der Waals surface area contributed by atoms with Crippen LogP contribution in [0.1, 0.15) is 26.3 Å². The number of amides is 1. The fourth-order valence-corrected chi connectivity index (χ4v) is 3.28. The summed E-state index contributed by atoms with van der Waals surface area (Å²) in [6.45, 7) is 5.78. The predicted molar refractivity (Wildman–Crippen MR) is 102 cm³/mol. The van der Waals surface area contributed by atoms with E-state index in [4.69, 9.17) is 0 Å². The van der Waals surface area contributed by atoms with Crippen LogP contribution < -0.4 is 9.62 Å². The van der Waals surface area contributed by atoms with E-state index in [2.05, 4.69) is 26.1 Å². The first kappa shape index (κ1) is 19.9. The van der Waals surface area contributed by atoms with E-state index >= 15 is 0 Å². The molecule has 2 aromatic carbocycles. The summed E-state index contributed by atoms with van der Waals surface area (Å²) in [5.74, 6) is -1.04. The molecule has 0 aliphatic heterocycles. The van der Waals surface area contributed by atoms with Crippen LogP contribution in [0.5, 0.6) is 0 Å². The zero-order valence-electron chi connectivity index (χ0n) is 15.3. The lowest BCUT2D eigenvalue weighted by Crippen LogP contribution is -2.37. The van der Waals surface area contributed by atoms with Crippen LogP contribution in [-0.2, 0) is 20.2 Å². The first-order valence-corrected chi connectivity index (χ1v) is 9.95. The van der Waals surface area contributed by atoms with Gasteiger partial charge in [0.05, 0.1) is 11.9 Å². The Morgan fingerprint density at radius 1 is 1.12 bits per heavy atom. The Hall–Kier alpha value is -2.41. The zero-order valence-corrected chi connectivity index (χ0v) is 16.1. The molecule has 2 rings (SSSR count). The molecule has 0 unspecified atom stereocenters. The van der Waals surface area contributed by atoms with Gasteiger partial charge in [0.1, 0.15) is 12.4 Å². The molecule has 0 aromatic heterocycles. The molecule has 0 aliphatic carbocycles. The summed E-state index contributed by atoms with van der Waals surface area (Å²) < 4.78 is 38.5. The topological polar surface area (TPSA) is 66.5 Å². The van der Waals surface area contributed by atoms with Crippen molar-refractivity contribution in [2.24, 2.45) is 0 Å². The number of benzene rings is 2. The van der Waals surface area contributed by atoms with E-state index in [1.807, 2.05) is 12.1 Å². The summed E-state index contributed by atoms with van der Waals surface area (Å²) in [6, 6.07) is 12.5. The fourth-order valence-electron chi connectivity index (χ4n) is 2.42. The monoisotopic (exact) mass is 378 g/mol. The summed E-state index contributed by atoms with van der Waals surface area (Å²) in [5, 5.41) is 2.51. The summed E-state index contributed by atoms with van der Waals surface area (Å²) in [7, 11) is -3.66. The van der Waals surface area contributed by atoms with E-state index in [0.717, 1.165) is 16.1 Å². The van der Waals surface area contributed by atoms with Crippen molar-refractivity contribution in [1.82, 2.24) is 0 Å². The standard InChI is InChI=1S/C19H23FN2O3S/c1-19(2,3)14-8-10-17(11-9-14)22(26(4,24)25)13-18(23)21-16-7-5-6-15(20)12-16/h5-12H,13H2,1-4H3,(H,21,23). The van der Waals surface area contributed by atoms with Gasteiger partial charge in [0.25, 0.3) is 0 Å². The van der Waals surface area contributed by atoms with Crippen LogP contribution >= 0.6 is 0 Å². The van der Waals surface area contributed by atoms with Gasteiger partial charge >= 0.3 is 0 Å². The third-order valence-corrected chi connectivity index (χ3v) is 4.96. The van der Waals surface area contributed by atoms with Gasteiger partial charge in [-0.15, -0.1) is 0 Å². The average molecular weight is 378 g/mol. The van der Waals surface area contributed by atoms with Crippen LogP contribution in [0.3, 0.4) is 0 Å².